The molecule has 1 amide bonds. The Hall–Kier alpha value is -2.82. The fraction of sp³-hybridized carbons (Fsp3) is 0. The monoisotopic (exact) mass is 257 g/mol. The van der Waals surface area contributed by atoms with Crippen molar-refractivity contribution in [2.24, 2.45) is 5.73 Å². The third kappa shape index (κ3) is 3.10. The highest BCUT2D eigenvalue weighted by Gasteiger charge is 2.05. The van der Waals surface area contributed by atoms with Gasteiger partial charge in [0.05, 0.1) is 0 Å². The number of hydrogen-bond acceptors (Lipinski definition) is 3. The lowest BCUT2D eigenvalue weighted by Gasteiger charge is -1.98. The summed E-state index contributed by atoms with van der Waals surface area (Å²) in [7, 11) is 0. The van der Waals surface area contributed by atoms with Gasteiger partial charge in [-0.3, -0.25) is 4.79 Å². The highest BCUT2D eigenvalue weighted by atomic mass is 16.4. The number of amides is 1. The molecule has 0 radical (unpaired) electrons. The van der Waals surface area contributed by atoms with Crippen molar-refractivity contribution in [1.82, 2.24) is 0 Å². The molecule has 3 N–H and O–H groups in total. The Morgan fingerprint density at radius 3 is 2.37 bits per heavy atom. The predicted molar refractivity (Wildman–Crippen MR) is 69.3 cm³/mol. The van der Waals surface area contributed by atoms with Crippen molar-refractivity contribution in [1.29, 1.82) is 0 Å². The fourth-order valence-electron chi connectivity index (χ4n) is 1.55. The summed E-state index contributed by atoms with van der Waals surface area (Å²) in [6.45, 7) is 0. The number of nitrogens with two attached hydrogens (primary N) is 1. The average Bonchev–Trinajstić information content (AvgIpc) is 2.85. The van der Waals surface area contributed by atoms with Crippen LogP contribution < -0.4 is 5.73 Å². The molecule has 0 aliphatic heterocycles. The number of carboxylic acids is 1. The standard InChI is InChI=1S/C14H11NO4/c15-14(18)10-3-1-9(2-4-10)12-7-5-11(19-12)6-8-13(16)17/h1-8H,(H2,15,18)(H,16,17)/b8-6+. The number of carbonyl (C=O) groups excluding carboxylic acids is 1. The zero-order chi connectivity index (χ0) is 13.8. The Labute approximate surface area is 109 Å². The van der Waals surface area contributed by atoms with Gasteiger partial charge in [0.1, 0.15) is 11.5 Å². The highest BCUT2D eigenvalue weighted by Crippen LogP contribution is 2.23. The van der Waals surface area contributed by atoms with E-state index in [1.54, 1.807) is 36.4 Å². The summed E-state index contributed by atoms with van der Waals surface area (Å²) in [6.07, 6.45) is 2.36. The molecule has 0 spiro atoms. The van der Waals surface area contributed by atoms with Crippen molar-refractivity contribution in [3.05, 3.63) is 53.8 Å². The van der Waals surface area contributed by atoms with Gasteiger partial charge < -0.3 is 15.3 Å². The van der Waals surface area contributed by atoms with E-state index < -0.39 is 11.9 Å². The molecule has 0 aliphatic rings. The summed E-state index contributed by atoms with van der Waals surface area (Å²) in [5, 5.41) is 8.51. The Balaban J connectivity index is 2.23. The van der Waals surface area contributed by atoms with Gasteiger partial charge in [-0.05, 0) is 30.3 Å². The Bertz CT molecular complexity index is 638. The van der Waals surface area contributed by atoms with E-state index >= 15 is 0 Å². The highest BCUT2D eigenvalue weighted by molar-refractivity contribution is 5.93. The van der Waals surface area contributed by atoms with Gasteiger partial charge in [0.2, 0.25) is 5.91 Å². The second kappa shape index (κ2) is 5.22. The molecule has 19 heavy (non-hydrogen) atoms. The molecule has 96 valence electrons. The maximum absolute atomic E-state index is 10.9. The molecule has 5 nitrogen and oxygen atoms in total. The van der Waals surface area contributed by atoms with Gasteiger partial charge >= 0.3 is 5.97 Å². The molecule has 1 aromatic heterocycles. The molecule has 0 aliphatic carbocycles. The molecule has 0 atom stereocenters. The van der Waals surface area contributed by atoms with E-state index in [0.29, 0.717) is 17.1 Å². The van der Waals surface area contributed by atoms with E-state index in [2.05, 4.69) is 0 Å². The van der Waals surface area contributed by atoms with Crippen molar-refractivity contribution in [3.8, 4) is 11.3 Å². The van der Waals surface area contributed by atoms with Crippen LogP contribution in [0.2, 0.25) is 0 Å². The van der Waals surface area contributed by atoms with Crippen molar-refractivity contribution in [2.45, 2.75) is 0 Å². The molecule has 0 saturated heterocycles. The lowest BCUT2D eigenvalue weighted by Crippen LogP contribution is -2.10. The number of primary amides is 1. The number of benzene rings is 1. The number of aliphatic carboxylic acids is 1. The Morgan fingerprint density at radius 2 is 1.79 bits per heavy atom. The first-order valence-electron chi connectivity index (χ1n) is 5.47. The first kappa shape index (κ1) is 12.6. The van der Waals surface area contributed by atoms with E-state index in [1.807, 2.05) is 0 Å². The summed E-state index contributed by atoms with van der Waals surface area (Å²) in [5.41, 5.74) is 6.34. The van der Waals surface area contributed by atoms with Crippen LogP contribution >= 0.6 is 0 Å². The van der Waals surface area contributed by atoms with E-state index in [9.17, 15) is 9.59 Å². The summed E-state index contributed by atoms with van der Waals surface area (Å²) in [6, 6.07) is 10.0. The van der Waals surface area contributed by atoms with Gasteiger partial charge in [-0.25, -0.2) is 4.79 Å². The molecule has 1 aromatic carbocycles. The molecule has 0 fully saturated rings. The summed E-state index contributed by atoms with van der Waals surface area (Å²) >= 11 is 0. The largest absolute Gasteiger partial charge is 0.478 e. The van der Waals surface area contributed by atoms with Gasteiger partial charge in [0.15, 0.2) is 0 Å². The van der Waals surface area contributed by atoms with E-state index in [-0.39, 0.29) is 0 Å². The van der Waals surface area contributed by atoms with Crippen molar-refractivity contribution in [2.75, 3.05) is 0 Å². The smallest absolute Gasteiger partial charge is 0.328 e. The molecule has 1 heterocycles. The SMILES string of the molecule is NC(=O)c1ccc(-c2ccc(/C=C/C(=O)O)o2)cc1. The van der Waals surface area contributed by atoms with Gasteiger partial charge in [-0.15, -0.1) is 0 Å². The summed E-state index contributed by atoms with van der Waals surface area (Å²) < 4.78 is 5.45. The quantitative estimate of drug-likeness (QED) is 0.820. The van der Waals surface area contributed by atoms with Crippen LogP contribution in [0.1, 0.15) is 16.1 Å². The Morgan fingerprint density at radius 1 is 1.11 bits per heavy atom. The van der Waals surface area contributed by atoms with Crippen LogP contribution in [0.4, 0.5) is 0 Å². The van der Waals surface area contributed by atoms with Crippen LogP contribution in [0.15, 0.2) is 46.9 Å². The molecule has 2 rings (SSSR count). The molecular formula is C14H11NO4. The third-order valence-electron chi connectivity index (χ3n) is 2.47. The number of carboxylic acid groups (broad SMARTS) is 1. The van der Waals surface area contributed by atoms with E-state index in [1.165, 1.54) is 6.08 Å². The maximum atomic E-state index is 10.9. The lowest BCUT2D eigenvalue weighted by molar-refractivity contribution is -0.131. The van der Waals surface area contributed by atoms with Crippen LogP contribution in [0.25, 0.3) is 17.4 Å². The molecule has 5 heteroatoms. The summed E-state index contributed by atoms with van der Waals surface area (Å²) in [4.78, 5) is 21.3. The van der Waals surface area contributed by atoms with Crippen molar-refractivity contribution in [3.63, 3.8) is 0 Å². The van der Waals surface area contributed by atoms with Crippen molar-refractivity contribution >= 4 is 18.0 Å². The zero-order valence-electron chi connectivity index (χ0n) is 9.87. The van der Waals surface area contributed by atoms with Gasteiger partial charge in [-0.2, -0.15) is 0 Å². The van der Waals surface area contributed by atoms with E-state index in [0.717, 1.165) is 11.6 Å². The maximum Gasteiger partial charge on any atom is 0.328 e. The Kier molecular flexibility index (Phi) is 3.47. The normalized spacial score (nSPS) is 10.7. The number of rotatable bonds is 4. The summed E-state index contributed by atoms with van der Waals surface area (Å²) in [5.74, 6) is -0.503. The third-order valence-corrected chi connectivity index (χ3v) is 2.47. The lowest BCUT2D eigenvalue weighted by atomic mass is 10.1. The van der Waals surface area contributed by atoms with Crippen LogP contribution in [-0.2, 0) is 4.79 Å². The molecule has 0 bridgehead atoms. The average molecular weight is 257 g/mol. The van der Waals surface area contributed by atoms with Gasteiger partial charge in [0.25, 0.3) is 0 Å². The molecule has 0 unspecified atom stereocenters. The van der Waals surface area contributed by atoms with Crippen LogP contribution in [0.3, 0.4) is 0 Å². The second-order valence-electron chi connectivity index (χ2n) is 3.82. The van der Waals surface area contributed by atoms with Gasteiger partial charge in [0, 0.05) is 17.2 Å². The van der Waals surface area contributed by atoms with Crippen LogP contribution in [-0.4, -0.2) is 17.0 Å². The predicted octanol–water partition coefficient (Wildman–Crippen LogP) is 2.14. The van der Waals surface area contributed by atoms with Crippen LogP contribution in [0, 0.1) is 0 Å². The minimum absolute atomic E-state index is 0.418. The minimum Gasteiger partial charge on any atom is -0.478 e. The van der Waals surface area contributed by atoms with E-state index in [4.69, 9.17) is 15.3 Å². The molecule has 0 saturated carbocycles. The number of furan rings is 1. The topological polar surface area (TPSA) is 93.5 Å². The first-order chi connectivity index (χ1) is 9.06. The molecule has 2 aromatic rings. The van der Waals surface area contributed by atoms with Gasteiger partial charge in [-0.1, -0.05) is 12.1 Å². The second-order valence-corrected chi connectivity index (χ2v) is 3.82. The fourth-order valence-corrected chi connectivity index (χ4v) is 1.55. The van der Waals surface area contributed by atoms with Crippen molar-refractivity contribution < 1.29 is 19.1 Å². The number of hydrogen-bond donors (Lipinski definition) is 2. The number of carbonyl (C=O) groups is 2. The molecular weight excluding hydrogens is 246 g/mol. The van der Waals surface area contributed by atoms with Crippen LogP contribution in [0.5, 0.6) is 0 Å². The minimum atomic E-state index is -1.04. The first-order valence-corrected chi connectivity index (χ1v) is 5.47. The zero-order valence-corrected chi connectivity index (χ0v) is 9.87.